The first-order valence-electron chi connectivity index (χ1n) is 7.59. The van der Waals surface area contributed by atoms with E-state index in [1.807, 2.05) is 12.1 Å². The van der Waals surface area contributed by atoms with Crippen molar-refractivity contribution in [1.82, 2.24) is 5.32 Å². The number of fused-ring (bicyclic) bond motifs is 1. The fraction of sp³-hybridized carbons (Fsp3) is 0.250. The van der Waals surface area contributed by atoms with Crippen LogP contribution >= 0.6 is 12.4 Å². The van der Waals surface area contributed by atoms with E-state index in [2.05, 4.69) is 5.32 Å². The maximum absolute atomic E-state index is 13.2. The van der Waals surface area contributed by atoms with E-state index in [0.717, 1.165) is 17.7 Å². The van der Waals surface area contributed by atoms with Gasteiger partial charge in [-0.3, -0.25) is 14.4 Å². The Balaban J connectivity index is 0.00000243. The van der Waals surface area contributed by atoms with E-state index < -0.39 is 14.9 Å². The van der Waals surface area contributed by atoms with Crippen LogP contribution in [-0.2, 0) is 16.6 Å². The predicted molar refractivity (Wildman–Crippen MR) is 99.6 cm³/mol. The highest BCUT2D eigenvalue weighted by Crippen LogP contribution is 2.34. The second-order valence-corrected chi connectivity index (χ2v) is 7.31. The Morgan fingerprint density at radius 3 is 2.65 bits per heavy atom. The number of para-hydroxylation sites is 1. The number of halogens is 1. The maximum Gasteiger partial charge on any atom is 0.273 e. The van der Waals surface area contributed by atoms with Gasteiger partial charge in [0.15, 0.2) is 0 Å². The number of ether oxygens (including phenoxy) is 1. The molecule has 0 radical (unpaired) electrons. The molecule has 0 amide bonds. The lowest BCUT2D eigenvalue weighted by atomic mass is 10.2. The highest BCUT2D eigenvalue weighted by molar-refractivity contribution is 7.93. The van der Waals surface area contributed by atoms with Crippen molar-refractivity contribution in [3.63, 3.8) is 0 Å². The molecule has 0 aromatic heterocycles. The first kappa shape index (κ1) is 20.0. The summed E-state index contributed by atoms with van der Waals surface area (Å²) in [6.45, 7) is 1.31. The average molecular weight is 400 g/mol. The van der Waals surface area contributed by atoms with E-state index in [1.165, 1.54) is 17.5 Å². The molecule has 3 rings (SSSR count). The Morgan fingerprint density at radius 1 is 1.23 bits per heavy atom. The third kappa shape index (κ3) is 3.59. The summed E-state index contributed by atoms with van der Waals surface area (Å²) < 4.78 is 32.8. The van der Waals surface area contributed by atoms with Gasteiger partial charge in [0.2, 0.25) is 0 Å². The van der Waals surface area contributed by atoms with E-state index in [4.69, 9.17) is 4.74 Å². The molecule has 0 aliphatic carbocycles. The van der Waals surface area contributed by atoms with Crippen molar-refractivity contribution >= 4 is 33.8 Å². The van der Waals surface area contributed by atoms with Crippen molar-refractivity contribution in [2.24, 2.45) is 0 Å². The van der Waals surface area contributed by atoms with Crippen LogP contribution in [0.2, 0.25) is 0 Å². The number of anilines is 1. The van der Waals surface area contributed by atoms with Crippen molar-refractivity contribution in [2.45, 2.75) is 11.4 Å². The molecule has 0 saturated carbocycles. The van der Waals surface area contributed by atoms with Gasteiger partial charge in [-0.1, -0.05) is 18.2 Å². The molecule has 26 heavy (non-hydrogen) atoms. The number of nitro groups is 1. The predicted octanol–water partition coefficient (Wildman–Crippen LogP) is 2.32. The van der Waals surface area contributed by atoms with Crippen LogP contribution in [0.5, 0.6) is 5.75 Å². The van der Waals surface area contributed by atoms with Crippen molar-refractivity contribution < 1.29 is 18.1 Å². The number of nitro benzene ring substituents is 1. The molecule has 1 N–H and O–H groups in total. The molecule has 2 aromatic rings. The minimum atomic E-state index is -3.94. The van der Waals surface area contributed by atoms with E-state index in [0.29, 0.717) is 18.8 Å². The number of methoxy groups -OCH3 is 1. The first-order chi connectivity index (χ1) is 11.9. The van der Waals surface area contributed by atoms with Gasteiger partial charge in [-0.15, -0.1) is 12.4 Å². The molecule has 0 spiro atoms. The van der Waals surface area contributed by atoms with Crippen molar-refractivity contribution in [1.29, 1.82) is 0 Å². The van der Waals surface area contributed by atoms with Gasteiger partial charge in [-0.25, -0.2) is 8.42 Å². The van der Waals surface area contributed by atoms with Gasteiger partial charge < -0.3 is 10.1 Å². The van der Waals surface area contributed by atoms with Crippen LogP contribution in [0.1, 0.15) is 5.56 Å². The van der Waals surface area contributed by atoms with Crippen LogP contribution in [0, 0.1) is 10.1 Å². The third-order valence-electron chi connectivity index (χ3n) is 3.99. The number of sulfonamides is 1. The summed E-state index contributed by atoms with van der Waals surface area (Å²) in [5, 5.41) is 14.1. The number of benzene rings is 2. The Kier molecular flexibility index (Phi) is 6.06. The fourth-order valence-electron chi connectivity index (χ4n) is 2.78. The number of hydrogen-bond acceptors (Lipinski definition) is 6. The highest BCUT2D eigenvalue weighted by Gasteiger charge is 2.31. The molecular formula is C16H18ClN3O5S. The minimum Gasteiger partial charge on any atom is -0.495 e. The lowest BCUT2D eigenvalue weighted by molar-refractivity contribution is -0.385. The van der Waals surface area contributed by atoms with Crippen molar-refractivity contribution in [2.75, 3.05) is 24.5 Å². The second kappa shape index (κ2) is 7.90. The molecule has 1 aliphatic rings. The molecular weight excluding hydrogens is 382 g/mol. The van der Waals surface area contributed by atoms with Gasteiger partial charge in [0.05, 0.1) is 23.8 Å². The standard InChI is InChI=1S/C16H17N3O5S.ClH/c1-24-15-10-13(19(20)21)6-7-16(15)25(22,23)18-9-8-17-11-12-4-2-3-5-14(12)18;/h2-7,10,17H,8-9,11H2,1H3;1H. The number of nitrogens with zero attached hydrogens (tertiary/aromatic N) is 2. The fourth-order valence-corrected chi connectivity index (χ4v) is 4.42. The molecule has 8 nitrogen and oxygen atoms in total. The van der Waals surface area contributed by atoms with Crippen LogP contribution in [-0.4, -0.2) is 33.5 Å². The SMILES string of the molecule is COc1cc([N+](=O)[O-])ccc1S(=O)(=O)N1CCNCc2ccccc21.Cl. The van der Waals surface area contributed by atoms with Crippen molar-refractivity contribution in [3.05, 3.63) is 58.1 Å². The maximum atomic E-state index is 13.2. The van der Waals surface area contributed by atoms with Crippen LogP contribution in [0.15, 0.2) is 47.4 Å². The molecule has 10 heteroatoms. The zero-order valence-electron chi connectivity index (χ0n) is 13.9. The topological polar surface area (TPSA) is 102 Å². The van der Waals surface area contributed by atoms with Crippen LogP contribution in [0.3, 0.4) is 0 Å². The van der Waals surface area contributed by atoms with E-state index >= 15 is 0 Å². The number of nitrogens with one attached hydrogen (secondary N) is 1. The average Bonchev–Trinajstić information content (AvgIpc) is 2.84. The molecule has 140 valence electrons. The van der Waals surface area contributed by atoms with E-state index in [1.54, 1.807) is 12.1 Å². The quantitative estimate of drug-likeness (QED) is 0.625. The highest BCUT2D eigenvalue weighted by atomic mass is 35.5. The molecule has 0 fully saturated rings. The molecule has 2 aromatic carbocycles. The number of hydrogen-bond donors (Lipinski definition) is 1. The Bertz CT molecular complexity index is 920. The normalized spacial score (nSPS) is 14.0. The zero-order valence-corrected chi connectivity index (χ0v) is 15.5. The monoisotopic (exact) mass is 399 g/mol. The van der Waals surface area contributed by atoms with Gasteiger partial charge in [-0.2, -0.15) is 0 Å². The number of rotatable bonds is 4. The van der Waals surface area contributed by atoms with Gasteiger partial charge in [0.25, 0.3) is 15.7 Å². The first-order valence-corrected chi connectivity index (χ1v) is 9.03. The molecule has 0 saturated heterocycles. The molecule has 1 heterocycles. The Morgan fingerprint density at radius 2 is 1.96 bits per heavy atom. The summed E-state index contributed by atoms with van der Waals surface area (Å²) in [6, 6.07) is 10.7. The van der Waals surface area contributed by atoms with Gasteiger partial charge in [0.1, 0.15) is 10.6 Å². The summed E-state index contributed by atoms with van der Waals surface area (Å²) in [7, 11) is -2.65. The minimum absolute atomic E-state index is 0. The lowest BCUT2D eigenvalue weighted by Crippen LogP contribution is -2.35. The largest absolute Gasteiger partial charge is 0.495 e. The molecule has 0 atom stereocenters. The van der Waals surface area contributed by atoms with Gasteiger partial charge in [-0.05, 0) is 17.7 Å². The number of non-ortho nitro benzene ring substituents is 1. The molecule has 0 bridgehead atoms. The molecule has 1 aliphatic heterocycles. The van der Waals surface area contributed by atoms with Crippen LogP contribution < -0.4 is 14.4 Å². The Hall–Kier alpha value is -2.36. The smallest absolute Gasteiger partial charge is 0.273 e. The summed E-state index contributed by atoms with van der Waals surface area (Å²) >= 11 is 0. The summed E-state index contributed by atoms with van der Waals surface area (Å²) in [6.07, 6.45) is 0. The van der Waals surface area contributed by atoms with Gasteiger partial charge >= 0.3 is 0 Å². The molecule has 0 unspecified atom stereocenters. The summed E-state index contributed by atoms with van der Waals surface area (Å²) in [5.74, 6) is -0.0520. The summed E-state index contributed by atoms with van der Waals surface area (Å²) in [5.41, 5.74) is 1.23. The van der Waals surface area contributed by atoms with Crippen LogP contribution in [0.4, 0.5) is 11.4 Å². The van der Waals surface area contributed by atoms with Gasteiger partial charge in [0, 0.05) is 25.7 Å². The summed E-state index contributed by atoms with van der Waals surface area (Å²) in [4.78, 5) is 10.2. The van der Waals surface area contributed by atoms with Crippen molar-refractivity contribution in [3.8, 4) is 5.75 Å². The van der Waals surface area contributed by atoms with Crippen LogP contribution in [0.25, 0.3) is 0 Å². The second-order valence-electron chi connectivity index (χ2n) is 5.47. The van der Waals surface area contributed by atoms with E-state index in [-0.39, 0.29) is 35.3 Å². The zero-order chi connectivity index (χ0) is 18.0. The van der Waals surface area contributed by atoms with E-state index in [9.17, 15) is 18.5 Å². The Labute approximate surface area is 157 Å². The third-order valence-corrected chi connectivity index (χ3v) is 5.85. The lowest BCUT2D eigenvalue weighted by Gasteiger charge is -2.25.